The first kappa shape index (κ1) is 24.6. The van der Waals surface area contributed by atoms with Crippen LogP contribution < -0.4 is 5.32 Å². The van der Waals surface area contributed by atoms with Crippen LogP contribution in [0, 0.1) is 11.7 Å². The zero-order chi connectivity index (χ0) is 25.9. The van der Waals surface area contributed by atoms with Gasteiger partial charge in [0.05, 0.1) is 17.3 Å². The average Bonchev–Trinajstić information content (AvgIpc) is 3.37. The van der Waals surface area contributed by atoms with Gasteiger partial charge in [-0.2, -0.15) is 5.10 Å². The van der Waals surface area contributed by atoms with Gasteiger partial charge in [0.2, 0.25) is 0 Å². The van der Waals surface area contributed by atoms with Crippen molar-refractivity contribution in [3.05, 3.63) is 108 Å². The number of rotatable bonds is 7. The van der Waals surface area contributed by atoms with Gasteiger partial charge in [-0.25, -0.2) is 9.07 Å². The molecule has 6 rings (SSSR count). The topological polar surface area (TPSA) is 56.1 Å². The number of nitrogens with zero attached hydrogens (tertiary/aromatic N) is 2. The zero-order valence-corrected chi connectivity index (χ0v) is 21.4. The van der Waals surface area contributed by atoms with E-state index in [-0.39, 0.29) is 30.2 Å². The summed E-state index contributed by atoms with van der Waals surface area (Å²) in [6.45, 7) is 2.31. The highest BCUT2D eigenvalue weighted by atomic mass is 19.1. The van der Waals surface area contributed by atoms with Crippen LogP contribution in [0.25, 0.3) is 16.8 Å². The van der Waals surface area contributed by atoms with Gasteiger partial charge in [0.25, 0.3) is 0 Å². The van der Waals surface area contributed by atoms with Crippen LogP contribution >= 0.6 is 0 Å². The molecule has 5 nitrogen and oxygen atoms in total. The monoisotopic (exact) mass is 509 g/mol. The fraction of sp³-hybridized carbons (Fsp3) is 0.312. The fourth-order valence-corrected chi connectivity index (χ4v) is 5.64. The van der Waals surface area contributed by atoms with Gasteiger partial charge >= 0.3 is 5.97 Å². The summed E-state index contributed by atoms with van der Waals surface area (Å²) in [6.07, 6.45) is 5.73. The number of halogens is 1. The summed E-state index contributed by atoms with van der Waals surface area (Å²) in [5.41, 5.74) is 6.10. The third-order valence-electron chi connectivity index (χ3n) is 7.95. The molecule has 2 fully saturated rings. The van der Waals surface area contributed by atoms with E-state index in [0.29, 0.717) is 5.92 Å². The smallest absolute Gasteiger partial charge is 0.309 e. The Labute approximate surface area is 222 Å². The van der Waals surface area contributed by atoms with Gasteiger partial charge in [0.1, 0.15) is 12.4 Å². The number of aromatic nitrogens is 2. The summed E-state index contributed by atoms with van der Waals surface area (Å²) in [6, 6.07) is 24.9. The first-order valence-corrected chi connectivity index (χ1v) is 13.5. The molecular formula is C32H32FN3O2. The lowest BCUT2D eigenvalue weighted by atomic mass is 9.76. The fourth-order valence-electron chi connectivity index (χ4n) is 5.64. The van der Waals surface area contributed by atoms with Crippen LogP contribution in [0.15, 0.2) is 85.1 Å². The zero-order valence-electron chi connectivity index (χ0n) is 21.4. The Bertz CT molecular complexity index is 1380. The Morgan fingerprint density at radius 2 is 1.68 bits per heavy atom. The summed E-state index contributed by atoms with van der Waals surface area (Å²) in [5.74, 6) is -0.167. The Kier molecular flexibility index (Phi) is 7.06. The third kappa shape index (κ3) is 5.14. The second-order valence-electron chi connectivity index (χ2n) is 10.4. The average molecular weight is 510 g/mol. The molecule has 1 aromatic heterocycles. The van der Waals surface area contributed by atoms with Crippen LogP contribution in [0.5, 0.6) is 0 Å². The minimum absolute atomic E-state index is 0.0424. The summed E-state index contributed by atoms with van der Waals surface area (Å²) in [4.78, 5) is 13.4. The van der Waals surface area contributed by atoms with Crippen LogP contribution in [-0.2, 0) is 16.1 Å². The Morgan fingerprint density at radius 1 is 0.947 bits per heavy atom. The molecule has 0 bridgehead atoms. The van der Waals surface area contributed by atoms with Crippen molar-refractivity contribution in [2.24, 2.45) is 5.92 Å². The molecular weight excluding hydrogens is 477 g/mol. The van der Waals surface area contributed by atoms with Crippen LogP contribution in [0.3, 0.4) is 0 Å². The van der Waals surface area contributed by atoms with Crippen LogP contribution in [0.4, 0.5) is 4.39 Å². The van der Waals surface area contributed by atoms with Gasteiger partial charge in [-0.1, -0.05) is 67.4 Å². The second kappa shape index (κ2) is 10.9. The maximum Gasteiger partial charge on any atom is 0.309 e. The van der Waals surface area contributed by atoms with Gasteiger partial charge in [0.15, 0.2) is 0 Å². The number of carbonyl (C=O) groups excluding carboxylic acids is 1. The van der Waals surface area contributed by atoms with Crippen molar-refractivity contribution in [2.45, 2.75) is 44.1 Å². The third-order valence-corrected chi connectivity index (χ3v) is 7.95. The molecule has 2 aliphatic rings. The Balaban J connectivity index is 1.33. The number of benzene rings is 3. The molecule has 1 aliphatic heterocycles. The first-order chi connectivity index (χ1) is 18.7. The summed E-state index contributed by atoms with van der Waals surface area (Å²) in [5, 5.41) is 8.36. The quantitative estimate of drug-likeness (QED) is 0.294. The highest BCUT2D eigenvalue weighted by Crippen LogP contribution is 2.42. The maximum absolute atomic E-state index is 13.6. The number of nitrogens with one attached hydrogen (secondary N) is 1. The van der Waals surface area contributed by atoms with Crippen molar-refractivity contribution in [1.82, 2.24) is 15.1 Å². The van der Waals surface area contributed by atoms with Crippen molar-refractivity contribution >= 4 is 5.97 Å². The molecule has 4 aromatic rings. The van der Waals surface area contributed by atoms with Crippen molar-refractivity contribution in [3.63, 3.8) is 0 Å². The van der Waals surface area contributed by atoms with E-state index in [1.807, 2.05) is 41.2 Å². The molecule has 3 aromatic carbocycles. The summed E-state index contributed by atoms with van der Waals surface area (Å²) < 4.78 is 21.3. The standard InChI is InChI=1S/C32H32FN3O2/c33-26-14-16-27(17-15-26)36-20-30(24-12-10-23(11-13-24)25-18-34-19-25)31(35-36)28-8-4-5-9-29(28)32(37)38-21-22-6-2-1-3-7-22/h1-3,6-7,10-17,20,25,28-29,34H,4-5,8-9,18-19,21H2/t28-,29-/m1/s1. The molecule has 0 spiro atoms. The maximum atomic E-state index is 13.6. The highest BCUT2D eigenvalue weighted by Gasteiger charge is 2.36. The van der Waals surface area contributed by atoms with E-state index in [2.05, 4.69) is 29.6 Å². The molecule has 6 heteroatoms. The van der Waals surface area contributed by atoms with Gasteiger partial charge in [-0.3, -0.25) is 4.79 Å². The Morgan fingerprint density at radius 3 is 2.39 bits per heavy atom. The number of ether oxygens (including phenoxy) is 1. The predicted octanol–water partition coefficient (Wildman–Crippen LogP) is 6.38. The first-order valence-electron chi connectivity index (χ1n) is 13.5. The van der Waals surface area contributed by atoms with E-state index >= 15 is 0 Å². The number of carbonyl (C=O) groups is 1. The normalized spacial score (nSPS) is 19.6. The van der Waals surface area contributed by atoms with Gasteiger partial charge in [-0.05, 0) is 53.8 Å². The molecule has 0 radical (unpaired) electrons. The van der Waals surface area contributed by atoms with Crippen LogP contribution in [0.1, 0.15) is 54.3 Å². The van der Waals surface area contributed by atoms with Gasteiger partial charge in [0, 0.05) is 36.7 Å². The summed E-state index contributed by atoms with van der Waals surface area (Å²) in [7, 11) is 0. The molecule has 1 saturated heterocycles. The van der Waals surface area contributed by atoms with E-state index in [9.17, 15) is 9.18 Å². The molecule has 194 valence electrons. The molecule has 1 saturated carbocycles. The second-order valence-corrected chi connectivity index (χ2v) is 10.4. The van der Waals surface area contributed by atoms with Crippen molar-refractivity contribution < 1.29 is 13.9 Å². The molecule has 2 heterocycles. The molecule has 0 unspecified atom stereocenters. The Hall–Kier alpha value is -3.77. The molecule has 1 aliphatic carbocycles. The van der Waals surface area contributed by atoms with Crippen molar-refractivity contribution in [1.29, 1.82) is 0 Å². The molecule has 0 amide bonds. The largest absolute Gasteiger partial charge is 0.461 e. The molecule has 38 heavy (non-hydrogen) atoms. The van der Waals surface area contributed by atoms with Crippen molar-refractivity contribution in [2.75, 3.05) is 13.1 Å². The predicted molar refractivity (Wildman–Crippen MR) is 146 cm³/mol. The van der Waals surface area contributed by atoms with E-state index < -0.39 is 0 Å². The van der Waals surface area contributed by atoms with Crippen LogP contribution in [-0.4, -0.2) is 28.8 Å². The number of hydrogen-bond donors (Lipinski definition) is 1. The SMILES string of the molecule is O=C(OCc1ccccc1)[C@@H]1CCCC[C@H]1c1nn(-c2ccc(F)cc2)cc1-c1ccc(C2CNC2)cc1. The van der Waals surface area contributed by atoms with Gasteiger partial charge in [-0.15, -0.1) is 0 Å². The lowest BCUT2D eigenvalue weighted by molar-refractivity contribution is -0.151. The lowest BCUT2D eigenvalue weighted by Crippen LogP contribution is -2.39. The van der Waals surface area contributed by atoms with Crippen LogP contribution in [0.2, 0.25) is 0 Å². The van der Waals surface area contributed by atoms with Gasteiger partial charge < -0.3 is 10.1 Å². The van der Waals surface area contributed by atoms with E-state index in [1.165, 1.54) is 17.7 Å². The van der Waals surface area contributed by atoms with Crippen molar-refractivity contribution in [3.8, 4) is 16.8 Å². The highest BCUT2D eigenvalue weighted by molar-refractivity contribution is 5.75. The minimum Gasteiger partial charge on any atom is -0.461 e. The lowest BCUT2D eigenvalue weighted by Gasteiger charge is -2.29. The molecule has 2 atom stereocenters. The van der Waals surface area contributed by atoms with E-state index in [1.54, 1.807) is 12.1 Å². The minimum atomic E-state index is -0.282. The summed E-state index contributed by atoms with van der Waals surface area (Å²) >= 11 is 0. The van der Waals surface area contributed by atoms with E-state index in [4.69, 9.17) is 9.84 Å². The molecule has 1 N–H and O–H groups in total. The van der Waals surface area contributed by atoms with E-state index in [0.717, 1.165) is 66.8 Å². The number of hydrogen-bond acceptors (Lipinski definition) is 4. The number of esters is 1.